The molecule has 0 saturated carbocycles. The fourth-order valence-corrected chi connectivity index (χ4v) is 4.35. The molecule has 0 atom stereocenters. The van der Waals surface area contributed by atoms with E-state index >= 15 is 0 Å². The summed E-state index contributed by atoms with van der Waals surface area (Å²) in [6.07, 6.45) is 2.28. The lowest BCUT2D eigenvalue weighted by atomic mass is 9.98. The Hall–Kier alpha value is -3.19. The van der Waals surface area contributed by atoms with Crippen LogP contribution in [0.1, 0.15) is 33.6 Å². The van der Waals surface area contributed by atoms with Crippen molar-refractivity contribution in [2.75, 3.05) is 32.8 Å². The smallest absolute Gasteiger partial charge is 0.272 e. The third kappa shape index (κ3) is 3.45. The summed E-state index contributed by atoms with van der Waals surface area (Å²) in [6.45, 7) is 3.78. The van der Waals surface area contributed by atoms with Crippen molar-refractivity contribution in [3.8, 4) is 5.75 Å². The van der Waals surface area contributed by atoms with E-state index in [0.29, 0.717) is 30.5 Å². The Labute approximate surface area is 174 Å². The van der Waals surface area contributed by atoms with Gasteiger partial charge in [-0.25, -0.2) is 5.10 Å². The minimum absolute atomic E-state index is 0.0259. The number of carbonyl (C=O) groups excluding carboxylic acids is 1. The van der Waals surface area contributed by atoms with Gasteiger partial charge in [0.1, 0.15) is 5.75 Å². The lowest BCUT2D eigenvalue weighted by Crippen LogP contribution is -2.34. The van der Waals surface area contributed by atoms with E-state index in [1.165, 1.54) is 0 Å². The van der Waals surface area contributed by atoms with Gasteiger partial charge in [-0.15, -0.1) is 0 Å². The largest absolute Gasteiger partial charge is 0.492 e. The van der Waals surface area contributed by atoms with Crippen LogP contribution in [0.4, 0.5) is 0 Å². The SMILES string of the molecule is O=C(c1cc(Cc2n[nH]c(=O)c3ccccc23)cc2c1OCC2)N1CCCNCC1. The Morgan fingerprint density at radius 1 is 1.13 bits per heavy atom. The van der Waals surface area contributed by atoms with Gasteiger partial charge in [-0.1, -0.05) is 24.3 Å². The van der Waals surface area contributed by atoms with E-state index in [1.807, 2.05) is 29.2 Å². The predicted octanol–water partition coefficient (Wildman–Crippen LogP) is 1.88. The normalized spacial score (nSPS) is 16.2. The number of hydrogen-bond donors (Lipinski definition) is 2. The number of rotatable bonds is 3. The van der Waals surface area contributed by atoms with Gasteiger partial charge in [-0.3, -0.25) is 9.59 Å². The van der Waals surface area contributed by atoms with E-state index in [1.54, 1.807) is 6.07 Å². The van der Waals surface area contributed by atoms with E-state index in [-0.39, 0.29) is 11.5 Å². The molecule has 1 amide bonds. The number of amides is 1. The Morgan fingerprint density at radius 2 is 2.00 bits per heavy atom. The maximum atomic E-state index is 13.3. The second-order valence-electron chi connectivity index (χ2n) is 7.85. The number of nitrogens with one attached hydrogen (secondary N) is 2. The summed E-state index contributed by atoms with van der Waals surface area (Å²) in [5, 5.41) is 11.7. The highest BCUT2D eigenvalue weighted by Crippen LogP contribution is 2.33. The predicted molar refractivity (Wildman–Crippen MR) is 114 cm³/mol. The van der Waals surface area contributed by atoms with Crippen LogP contribution in [-0.4, -0.2) is 53.8 Å². The second-order valence-corrected chi connectivity index (χ2v) is 7.85. The summed E-state index contributed by atoms with van der Waals surface area (Å²) in [5.74, 6) is 0.748. The molecule has 0 aliphatic carbocycles. The molecule has 0 spiro atoms. The number of H-pyrrole nitrogens is 1. The Balaban J connectivity index is 1.53. The van der Waals surface area contributed by atoms with E-state index in [4.69, 9.17) is 4.74 Å². The minimum atomic E-state index is -0.192. The van der Waals surface area contributed by atoms with Gasteiger partial charge in [0, 0.05) is 37.9 Å². The first-order chi connectivity index (χ1) is 14.7. The first-order valence-corrected chi connectivity index (χ1v) is 10.5. The number of hydrogen-bond acceptors (Lipinski definition) is 5. The van der Waals surface area contributed by atoms with E-state index in [9.17, 15) is 9.59 Å². The van der Waals surface area contributed by atoms with Gasteiger partial charge in [0.2, 0.25) is 0 Å². The third-order valence-corrected chi connectivity index (χ3v) is 5.85. The van der Waals surface area contributed by atoms with Gasteiger partial charge < -0.3 is 15.0 Å². The zero-order chi connectivity index (χ0) is 20.5. The Bertz CT molecular complexity index is 1160. The minimum Gasteiger partial charge on any atom is -0.492 e. The lowest BCUT2D eigenvalue weighted by Gasteiger charge is -2.21. The number of aromatic amines is 1. The Kier molecular flexibility index (Phi) is 4.96. The number of aromatic nitrogens is 2. The van der Waals surface area contributed by atoms with Crippen molar-refractivity contribution >= 4 is 16.7 Å². The molecular formula is C23H24N4O3. The van der Waals surface area contributed by atoms with Gasteiger partial charge in [-0.05, 0) is 36.2 Å². The van der Waals surface area contributed by atoms with Crippen LogP contribution in [0, 0.1) is 0 Å². The number of fused-ring (bicyclic) bond motifs is 2. The van der Waals surface area contributed by atoms with Gasteiger partial charge in [0.05, 0.1) is 23.3 Å². The standard InChI is InChI=1S/C23H24N4O3/c28-22-18-5-2-1-4-17(18)20(25-26-22)14-15-12-16-6-11-30-21(16)19(13-15)23(29)27-9-3-7-24-8-10-27/h1-2,4-5,12-13,24H,3,6-11,14H2,(H,26,28). The summed E-state index contributed by atoms with van der Waals surface area (Å²) in [5.41, 5.74) is 3.30. The molecule has 2 aliphatic heterocycles. The zero-order valence-electron chi connectivity index (χ0n) is 16.7. The van der Waals surface area contributed by atoms with Gasteiger partial charge in [0.15, 0.2) is 0 Å². The molecule has 1 aromatic heterocycles. The van der Waals surface area contributed by atoms with Crippen LogP contribution in [-0.2, 0) is 12.8 Å². The lowest BCUT2D eigenvalue weighted by molar-refractivity contribution is 0.0762. The molecule has 154 valence electrons. The molecule has 7 nitrogen and oxygen atoms in total. The number of nitrogens with zero attached hydrogens (tertiary/aromatic N) is 2. The number of carbonyl (C=O) groups is 1. The zero-order valence-corrected chi connectivity index (χ0v) is 16.7. The van der Waals surface area contributed by atoms with Crippen molar-refractivity contribution in [2.45, 2.75) is 19.3 Å². The first-order valence-electron chi connectivity index (χ1n) is 10.5. The summed E-state index contributed by atoms with van der Waals surface area (Å²) < 4.78 is 5.84. The molecule has 3 aromatic rings. The monoisotopic (exact) mass is 404 g/mol. The molecule has 7 heteroatoms. The highest BCUT2D eigenvalue weighted by molar-refractivity contribution is 5.98. The van der Waals surface area contributed by atoms with Gasteiger partial charge >= 0.3 is 0 Å². The number of benzene rings is 2. The van der Waals surface area contributed by atoms with Crippen LogP contribution in [0.3, 0.4) is 0 Å². The van der Waals surface area contributed by atoms with Crippen LogP contribution in [0.2, 0.25) is 0 Å². The van der Waals surface area contributed by atoms with Crippen LogP contribution < -0.4 is 15.6 Å². The maximum absolute atomic E-state index is 13.3. The van der Waals surface area contributed by atoms with Crippen molar-refractivity contribution in [1.82, 2.24) is 20.4 Å². The molecule has 1 fully saturated rings. The molecule has 1 saturated heterocycles. The molecule has 2 aliphatic rings. The average molecular weight is 404 g/mol. The van der Waals surface area contributed by atoms with Crippen molar-refractivity contribution in [1.29, 1.82) is 0 Å². The van der Waals surface area contributed by atoms with Crippen LogP contribution >= 0.6 is 0 Å². The second kappa shape index (κ2) is 7.91. The summed E-state index contributed by atoms with van der Waals surface area (Å²) in [4.78, 5) is 27.3. The molecule has 30 heavy (non-hydrogen) atoms. The molecule has 0 bridgehead atoms. The molecule has 3 heterocycles. The summed E-state index contributed by atoms with van der Waals surface area (Å²) >= 11 is 0. The average Bonchev–Trinajstić information content (AvgIpc) is 3.07. The van der Waals surface area contributed by atoms with E-state index < -0.39 is 0 Å². The van der Waals surface area contributed by atoms with Gasteiger partial charge in [0.25, 0.3) is 11.5 Å². The first kappa shape index (κ1) is 18.8. The van der Waals surface area contributed by atoms with Crippen molar-refractivity contribution < 1.29 is 9.53 Å². The van der Waals surface area contributed by atoms with E-state index in [2.05, 4.69) is 21.6 Å². The van der Waals surface area contributed by atoms with Crippen LogP contribution in [0.25, 0.3) is 10.8 Å². The molecule has 0 unspecified atom stereocenters. The van der Waals surface area contributed by atoms with Crippen molar-refractivity contribution in [3.05, 3.63) is 69.1 Å². The van der Waals surface area contributed by atoms with Crippen LogP contribution in [0.5, 0.6) is 5.75 Å². The Morgan fingerprint density at radius 3 is 2.90 bits per heavy atom. The van der Waals surface area contributed by atoms with E-state index in [0.717, 1.165) is 60.4 Å². The fourth-order valence-electron chi connectivity index (χ4n) is 4.35. The van der Waals surface area contributed by atoms with Crippen LogP contribution in [0.15, 0.2) is 41.2 Å². The molecule has 2 aromatic carbocycles. The summed E-state index contributed by atoms with van der Waals surface area (Å²) in [6, 6.07) is 11.5. The van der Waals surface area contributed by atoms with Crippen molar-refractivity contribution in [3.63, 3.8) is 0 Å². The highest BCUT2D eigenvalue weighted by atomic mass is 16.5. The number of ether oxygens (including phenoxy) is 1. The third-order valence-electron chi connectivity index (χ3n) is 5.85. The van der Waals surface area contributed by atoms with Gasteiger partial charge in [-0.2, -0.15) is 5.10 Å². The highest BCUT2D eigenvalue weighted by Gasteiger charge is 2.26. The molecule has 2 N–H and O–H groups in total. The van der Waals surface area contributed by atoms with Crippen molar-refractivity contribution in [2.24, 2.45) is 0 Å². The summed E-state index contributed by atoms with van der Waals surface area (Å²) in [7, 11) is 0. The topological polar surface area (TPSA) is 87.3 Å². The fraction of sp³-hybridized carbons (Fsp3) is 0.348. The molecule has 0 radical (unpaired) electrons. The molecule has 5 rings (SSSR count). The maximum Gasteiger partial charge on any atom is 0.272 e. The quantitative estimate of drug-likeness (QED) is 0.696. The molecular weight excluding hydrogens is 380 g/mol.